The Labute approximate surface area is 110 Å². The highest BCUT2D eigenvalue weighted by Gasteiger charge is 2.22. The van der Waals surface area contributed by atoms with Crippen molar-refractivity contribution >= 4 is 27.5 Å². The van der Waals surface area contributed by atoms with Crippen molar-refractivity contribution in [2.75, 3.05) is 13.6 Å². The average Bonchev–Trinajstić information content (AvgIpc) is 2.78. The highest BCUT2D eigenvalue weighted by atomic mass is 32.2. The van der Waals surface area contributed by atoms with E-state index in [1.165, 1.54) is 18.4 Å². The molecular weight excluding hydrogens is 278 g/mol. The minimum atomic E-state index is -3.69. The van der Waals surface area contributed by atoms with Crippen molar-refractivity contribution in [1.29, 1.82) is 0 Å². The van der Waals surface area contributed by atoms with Crippen LogP contribution in [0.15, 0.2) is 11.6 Å². The number of hydrogen-bond donors (Lipinski definition) is 2. The molecule has 0 aliphatic carbocycles. The molecule has 0 saturated carbocycles. The first-order valence-corrected chi connectivity index (χ1v) is 7.49. The molecule has 7 nitrogen and oxygen atoms in total. The summed E-state index contributed by atoms with van der Waals surface area (Å²) in [5.41, 5.74) is 0. The van der Waals surface area contributed by atoms with E-state index >= 15 is 0 Å². The Morgan fingerprint density at radius 2 is 2.33 bits per heavy atom. The van der Waals surface area contributed by atoms with Gasteiger partial charge in [-0.2, -0.15) is 17.4 Å². The van der Waals surface area contributed by atoms with Crippen molar-refractivity contribution in [1.82, 2.24) is 14.0 Å². The van der Waals surface area contributed by atoms with E-state index in [4.69, 9.17) is 5.11 Å². The highest BCUT2D eigenvalue weighted by molar-refractivity contribution is 7.87. The smallest absolute Gasteiger partial charge is 0.304 e. The number of thiazole rings is 1. The van der Waals surface area contributed by atoms with Gasteiger partial charge in [-0.3, -0.25) is 4.79 Å². The molecular formula is C9H15N3O4S2. The first-order valence-electron chi connectivity index (χ1n) is 5.17. The second kappa shape index (κ2) is 6.23. The molecule has 1 aromatic heterocycles. The highest BCUT2D eigenvalue weighted by Crippen LogP contribution is 2.16. The van der Waals surface area contributed by atoms with E-state index in [1.807, 2.05) is 0 Å². The van der Waals surface area contributed by atoms with Crippen LogP contribution in [0.2, 0.25) is 0 Å². The van der Waals surface area contributed by atoms with Crippen LogP contribution in [0.1, 0.15) is 24.4 Å². The summed E-state index contributed by atoms with van der Waals surface area (Å²) in [7, 11) is -2.36. The first kappa shape index (κ1) is 15.0. The second-order valence-electron chi connectivity index (χ2n) is 3.68. The summed E-state index contributed by atoms with van der Waals surface area (Å²) < 4.78 is 27.1. The number of nitrogens with one attached hydrogen (secondary N) is 1. The summed E-state index contributed by atoms with van der Waals surface area (Å²) in [5.74, 6) is -1.04. The Balaban J connectivity index is 2.61. The largest absolute Gasteiger partial charge is 0.481 e. The lowest BCUT2D eigenvalue weighted by molar-refractivity contribution is -0.137. The Morgan fingerprint density at radius 3 is 2.83 bits per heavy atom. The van der Waals surface area contributed by atoms with Gasteiger partial charge in [0.05, 0.1) is 12.5 Å². The van der Waals surface area contributed by atoms with E-state index in [9.17, 15) is 13.2 Å². The first-order chi connectivity index (χ1) is 8.33. The van der Waals surface area contributed by atoms with E-state index in [0.717, 1.165) is 4.31 Å². The lowest BCUT2D eigenvalue weighted by Gasteiger charge is -2.19. The van der Waals surface area contributed by atoms with E-state index in [2.05, 4.69) is 9.71 Å². The third kappa shape index (κ3) is 4.33. The van der Waals surface area contributed by atoms with Crippen LogP contribution >= 0.6 is 11.3 Å². The fourth-order valence-electron chi connectivity index (χ4n) is 1.19. The molecule has 0 aliphatic rings. The molecule has 2 N–H and O–H groups in total. The molecule has 1 atom stereocenters. The normalized spacial score (nSPS) is 13.7. The summed E-state index contributed by atoms with van der Waals surface area (Å²) >= 11 is 1.35. The van der Waals surface area contributed by atoms with Crippen molar-refractivity contribution in [3.63, 3.8) is 0 Å². The molecule has 1 heterocycles. The number of carboxylic acids is 1. The Kier molecular flexibility index (Phi) is 5.20. The van der Waals surface area contributed by atoms with Crippen molar-refractivity contribution in [2.24, 2.45) is 0 Å². The number of carboxylic acid groups (broad SMARTS) is 1. The van der Waals surface area contributed by atoms with Crippen LogP contribution in [0, 0.1) is 0 Å². The quantitative estimate of drug-likeness (QED) is 0.760. The van der Waals surface area contributed by atoms with E-state index in [0.29, 0.717) is 5.01 Å². The molecule has 0 saturated heterocycles. The van der Waals surface area contributed by atoms with Crippen LogP contribution in [0.25, 0.3) is 0 Å². The monoisotopic (exact) mass is 293 g/mol. The molecule has 0 fully saturated rings. The predicted molar refractivity (Wildman–Crippen MR) is 67.5 cm³/mol. The molecule has 0 aromatic carbocycles. The van der Waals surface area contributed by atoms with Crippen molar-refractivity contribution in [3.8, 4) is 0 Å². The fourth-order valence-corrected chi connectivity index (χ4v) is 2.98. The van der Waals surface area contributed by atoms with E-state index in [-0.39, 0.29) is 13.0 Å². The fraction of sp³-hybridized carbons (Fsp3) is 0.556. The topological polar surface area (TPSA) is 99.6 Å². The molecule has 9 heteroatoms. The molecule has 0 amide bonds. The van der Waals surface area contributed by atoms with Gasteiger partial charge >= 0.3 is 5.97 Å². The van der Waals surface area contributed by atoms with E-state index < -0.39 is 22.2 Å². The molecule has 0 spiro atoms. The standard InChI is InChI=1S/C9H15N3O4S2/c1-7(9-10-4-6-17-9)11-18(15,16)12(2)5-3-8(13)14/h4,6-7,11H,3,5H2,1-2H3,(H,13,14). The van der Waals surface area contributed by atoms with Gasteiger partial charge in [-0.15, -0.1) is 11.3 Å². The third-order valence-corrected chi connectivity index (χ3v) is 4.81. The third-order valence-electron chi connectivity index (χ3n) is 2.20. The van der Waals surface area contributed by atoms with Crippen LogP contribution in [-0.2, 0) is 15.0 Å². The molecule has 0 bridgehead atoms. The van der Waals surface area contributed by atoms with E-state index in [1.54, 1.807) is 18.5 Å². The maximum absolute atomic E-state index is 11.8. The SMILES string of the molecule is CC(NS(=O)(=O)N(C)CCC(=O)O)c1nccs1. The van der Waals surface area contributed by atoms with Crippen LogP contribution in [0.3, 0.4) is 0 Å². The number of aromatic nitrogens is 1. The molecule has 1 rings (SSSR count). The van der Waals surface area contributed by atoms with Crippen molar-refractivity contribution < 1.29 is 18.3 Å². The summed E-state index contributed by atoms with van der Waals surface area (Å²) in [6, 6.07) is -0.442. The number of carbonyl (C=O) groups is 1. The summed E-state index contributed by atoms with van der Waals surface area (Å²) in [6.07, 6.45) is 1.36. The molecule has 0 radical (unpaired) electrons. The molecule has 102 valence electrons. The Morgan fingerprint density at radius 1 is 1.67 bits per heavy atom. The summed E-state index contributed by atoms with van der Waals surface area (Å²) in [6.45, 7) is 1.61. The molecule has 18 heavy (non-hydrogen) atoms. The van der Waals surface area contributed by atoms with Gasteiger partial charge in [-0.05, 0) is 6.92 Å². The van der Waals surface area contributed by atoms with Crippen molar-refractivity contribution in [2.45, 2.75) is 19.4 Å². The molecule has 1 unspecified atom stereocenters. The number of rotatable bonds is 7. The van der Waals surface area contributed by atoms with Gasteiger partial charge in [0.15, 0.2) is 0 Å². The average molecular weight is 293 g/mol. The number of aliphatic carboxylic acids is 1. The van der Waals surface area contributed by atoms with Crippen molar-refractivity contribution in [3.05, 3.63) is 16.6 Å². The Bertz CT molecular complexity index is 486. The van der Waals surface area contributed by atoms with Gasteiger partial charge in [0, 0.05) is 25.2 Å². The zero-order chi connectivity index (χ0) is 13.8. The number of hydrogen-bond acceptors (Lipinski definition) is 5. The summed E-state index contributed by atoms with van der Waals surface area (Å²) in [5, 5.41) is 10.9. The zero-order valence-corrected chi connectivity index (χ0v) is 11.7. The van der Waals surface area contributed by atoms with Crippen LogP contribution < -0.4 is 4.72 Å². The molecule has 0 aliphatic heterocycles. The predicted octanol–water partition coefficient (Wildman–Crippen LogP) is 0.445. The van der Waals surface area contributed by atoms with Gasteiger partial charge < -0.3 is 5.11 Å². The zero-order valence-electron chi connectivity index (χ0n) is 10.0. The van der Waals surface area contributed by atoms with Crippen LogP contribution in [-0.4, -0.2) is 42.4 Å². The minimum absolute atomic E-state index is 0.0742. The summed E-state index contributed by atoms with van der Waals surface area (Å²) in [4.78, 5) is 14.4. The molecule has 1 aromatic rings. The minimum Gasteiger partial charge on any atom is -0.481 e. The lowest BCUT2D eigenvalue weighted by atomic mass is 10.4. The van der Waals surface area contributed by atoms with Crippen LogP contribution in [0.4, 0.5) is 0 Å². The lowest BCUT2D eigenvalue weighted by Crippen LogP contribution is -2.40. The van der Waals surface area contributed by atoms with Gasteiger partial charge in [-0.1, -0.05) is 0 Å². The second-order valence-corrected chi connectivity index (χ2v) is 6.42. The van der Waals surface area contributed by atoms with Gasteiger partial charge in [-0.25, -0.2) is 4.98 Å². The Hall–Kier alpha value is -1.03. The van der Waals surface area contributed by atoms with Gasteiger partial charge in [0.1, 0.15) is 5.01 Å². The maximum atomic E-state index is 11.8. The van der Waals surface area contributed by atoms with Crippen LogP contribution in [0.5, 0.6) is 0 Å². The maximum Gasteiger partial charge on any atom is 0.304 e. The van der Waals surface area contributed by atoms with Gasteiger partial charge in [0.25, 0.3) is 10.2 Å². The number of nitrogens with zero attached hydrogens (tertiary/aromatic N) is 2. The van der Waals surface area contributed by atoms with Gasteiger partial charge in [0.2, 0.25) is 0 Å².